The van der Waals surface area contributed by atoms with E-state index >= 15 is 0 Å². The summed E-state index contributed by atoms with van der Waals surface area (Å²) in [6.45, 7) is 2.03. The summed E-state index contributed by atoms with van der Waals surface area (Å²) in [4.78, 5) is 0. The third kappa shape index (κ3) is 2.02. The lowest BCUT2D eigenvalue weighted by molar-refractivity contribution is 0.416. The highest BCUT2D eigenvalue weighted by atomic mass is 79.9. The minimum Gasteiger partial charge on any atom is -0.496 e. The molecule has 0 aliphatic heterocycles. The number of benzene rings is 1. The van der Waals surface area contributed by atoms with Gasteiger partial charge in [0.2, 0.25) is 0 Å². The van der Waals surface area contributed by atoms with Crippen LogP contribution in [-0.2, 0) is 7.05 Å². The van der Waals surface area contributed by atoms with Gasteiger partial charge in [0.05, 0.1) is 11.6 Å². The Bertz CT molecular complexity index is 563. The molecular weight excluding hydrogens is 282 g/mol. The van der Waals surface area contributed by atoms with Gasteiger partial charge in [-0.05, 0) is 35.0 Å². The van der Waals surface area contributed by atoms with Crippen molar-refractivity contribution in [2.75, 3.05) is 12.8 Å². The lowest BCUT2D eigenvalue weighted by Crippen LogP contribution is -1.97. The molecule has 0 aliphatic rings. The van der Waals surface area contributed by atoms with Crippen LogP contribution in [0.5, 0.6) is 5.75 Å². The van der Waals surface area contributed by atoms with Crippen molar-refractivity contribution in [1.82, 2.24) is 9.78 Å². The summed E-state index contributed by atoms with van der Waals surface area (Å²) >= 11 is 3.46. The number of halogens is 1. The molecule has 0 aliphatic carbocycles. The first kappa shape index (κ1) is 12.0. The first-order valence-electron chi connectivity index (χ1n) is 5.17. The fourth-order valence-corrected chi connectivity index (χ4v) is 2.24. The Kier molecular flexibility index (Phi) is 3.11. The van der Waals surface area contributed by atoms with E-state index in [0.717, 1.165) is 27.0 Å². The minimum atomic E-state index is 0.601. The van der Waals surface area contributed by atoms with Gasteiger partial charge in [-0.15, -0.1) is 0 Å². The van der Waals surface area contributed by atoms with E-state index in [1.807, 2.05) is 32.2 Å². The summed E-state index contributed by atoms with van der Waals surface area (Å²) in [6.07, 6.45) is 0. The van der Waals surface area contributed by atoms with Crippen molar-refractivity contribution in [1.29, 1.82) is 0 Å². The van der Waals surface area contributed by atoms with E-state index < -0.39 is 0 Å². The molecule has 0 radical (unpaired) electrons. The predicted molar refractivity (Wildman–Crippen MR) is 72.0 cm³/mol. The van der Waals surface area contributed by atoms with Crippen molar-refractivity contribution in [3.8, 4) is 17.0 Å². The fraction of sp³-hybridized carbons (Fsp3) is 0.250. The normalized spacial score (nSPS) is 10.6. The number of hydrogen-bond donors (Lipinski definition) is 1. The van der Waals surface area contributed by atoms with Gasteiger partial charge in [0.1, 0.15) is 17.3 Å². The van der Waals surface area contributed by atoms with E-state index in [-0.39, 0.29) is 0 Å². The van der Waals surface area contributed by atoms with Crippen LogP contribution in [0.1, 0.15) is 5.56 Å². The molecule has 4 nitrogen and oxygen atoms in total. The van der Waals surface area contributed by atoms with Crippen molar-refractivity contribution in [3.63, 3.8) is 0 Å². The van der Waals surface area contributed by atoms with E-state index in [9.17, 15) is 0 Å². The monoisotopic (exact) mass is 295 g/mol. The quantitative estimate of drug-likeness (QED) is 0.927. The van der Waals surface area contributed by atoms with Gasteiger partial charge in [0, 0.05) is 12.6 Å². The van der Waals surface area contributed by atoms with E-state index in [2.05, 4.69) is 21.0 Å². The maximum atomic E-state index is 5.88. The number of methoxy groups -OCH3 is 1. The van der Waals surface area contributed by atoms with Crippen LogP contribution < -0.4 is 10.5 Å². The number of anilines is 1. The second-order valence-electron chi connectivity index (χ2n) is 3.88. The Hall–Kier alpha value is -1.49. The molecule has 2 N–H and O–H groups in total. The van der Waals surface area contributed by atoms with E-state index in [0.29, 0.717) is 5.82 Å². The lowest BCUT2D eigenvalue weighted by atomic mass is 10.1. The van der Waals surface area contributed by atoms with Crippen LogP contribution in [0.4, 0.5) is 5.82 Å². The summed E-state index contributed by atoms with van der Waals surface area (Å²) in [5.41, 5.74) is 8.77. The van der Waals surface area contributed by atoms with Crippen molar-refractivity contribution in [2.45, 2.75) is 6.92 Å². The van der Waals surface area contributed by atoms with Gasteiger partial charge in [0.15, 0.2) is 0 Å². The van der Waals surface area contributed by atoms with Gasteiger partial charge in [-0.3, -0.25) is 4.68 Å². The standard InChI is InChI=1S/C12H14BrN3O/c1-7-4-5-9(17-3)8(6-7)11-10(13)12(14)16(2)15-11/h4-6H,14H2,1-3H3. The lowest BCUT2D eigenvalue weighted by Gasteiger charge is -2.07. The Balaban J connectivity index is 2.67. The number of nitrogen functional groups attached to an aromatic ring is 1. The molecule has 2 aromatic rings. The third-order valence-electron chi connectivity index (χ3n) is 2.64. The zero-order chi connectivity index (χ0) is 12.6. The number of aryl methyl sites for hydroxylation is 2. The molecule has 17 heavy (non-hydrogen) atoms. The highest BCUT2D eigenvalue weighted by Crippen LogP contribution is 2.37. The van der Waals surface area contributed by atoms with Crippen molar-refractivity contribution in [3.05, 3.63) is 28.2 Å². The maximum Gasteiger partial charge on any atom is 0.136 e. The van der Waals surface area contributed by atoms with Crippen LogP contribution >= 0.6 is 15.9 Å². The van der Waals surface area contributed by atoms with Gasteiger partial charge in [-0.2, -0.15) is 5.10 Å². The SMILES string of the molecule is COc1ccc(C)cc1-c1nn(C)c(N)c1Br. The van der Waals surface area contributed by atoms with Crippen molar-refractivity contribution >= 4 is 21.7 Å². The summed E-state index contributed by atoms with van der Waals surface area (Å²) in [5.74, 6) is 1.39. The summed E-state index contributed by atoms with van der Waals surface area (Å²) in [5, 5.41) is 4.39. The van der Waals surface area contributed by atoms with Crippen LogP contribution in [0.15, 0.2) is 22.7 Å². The van der Waals surface area contributed by atoms with E-state index in [1.54, 1.807) is 11.8 Å². The molecule has 0 bridgehead atoms. The third-order valence-corrected chi connectivity index (χ3v) is 3.42. The largest absolute Gasteiger partial charge is 0.496 e. The molecule has 0 atom stereocenters. The molecule has 1 aromatic carbocycles. The molecule has 0 unspecified atom stereocenters. The van der Waals surface area contributed by atoms with Crippen molar-refractivity contribution < 1.29 is 4.74 Å². The topological polar surface area (TPSA) is 53.1 Å². The number of rotatable bonds is 2. The van der Waals surface area contributed by atoms with Crippen LogP contribution in [0.25, 0.3) is 11.3 Å². The highest BCUT2D eigenvalue weighted by molar-refractivity contribution is 9.10. The molecule has 2 rings (SSSR count). The molecule has 0 fully saturated rings. The van der Waals surface area contributed by atoms with Gasteiger partial charge in [-0.25, -0.2) is 0 Å². The second-order valence-corrected chi connectivity index (χ2v) is 4.67. The average molecular weight is 296 g/mol. The van der Waals surface area contributed by atoms with Crippen LogP contribution in [0.3, 0.4) is 0 Å². The number of nitrogens with zero attached hydrogens (tertiary/aromatic N) is 2. The van der Waals surface area contributed by atoms with Crippen molar-refractivity contribution in [2.24, 2.45) is 7.05 Å². The second kappa shape index (κ2) is 4.41. The molecule has 0 saturated heterocycles. The number of nitrogens with two attached hydrogens (primary N) is 1. The zero-order valence-electron chi connectivity index (χ0n) is 9.99. The minimum absolute atomic E-state index is 0.601. The molecule has 0 saturated carbocycles. The summed E-state index contributed by atoms with van der Waals surface area (Å²) in [6, 6.07) is 5.97. The van der Waals surface area contributed by atoms with Crippen LogP contribution in [0.2, 0.25) is 0 Å². The average Bonchev–Trinajstić information content (AvgIpc) is 2.57. The smallest absolute Gasteiger partial charge is 0.136 e. The number of ether oxygens (including phenoxy) is 1. The Morgan fingerprint density at radius 1 is 1.41 bits per heavy atom. The molecule has 0 spiro atoms. The number of hydrogen-bond acceptors (Lipinski definition) is 3. The fourth-order valence-electron chi connectivity index (χ4n) is 1.69. The van der Waals surface area contributed by atoms with E-state index in [1.165, 1.54) is 0 Å². The van der Waals surface area contributed by atoms with Gasteiger partial charge in [-0.1, -0.05) is 11.6 Å². The first-order chi connectivity index (χ1) is 8.04. The Labute approximate surface area is 109 Å². The Morgan fingerprint density at radius 3 is 2.65 bits per heavy atom. The molecule has 0 amide bonds. The first-order valence-corrected chi connectivity index (χ1v) is 5.97. The van der Waals surface area contributed by atoms with Crippen LogP contribution in [0, 0.1) is 6.92 Å². The highest BCUT2D eigenvalue weighted by Gasteiger charge is 2.16. The van der Waals surface area contributed by atoms with Gasteiger partial charge >= 0.3 is 0 Å². The van der Waals surface area contributed by atoms with Gasteiger partial charge < -0.3 is 10.5 Å². The zero-order valence-corrected chi connectivity index (χ0v) is 11.6. The molecule has 5 heteroatoms. The molecular formula is C12H14BrN3O. The summed E-state index contributed by atoms with van der Waals surface area (Å²) < 4.78 is 7.78. The van der Waals surface area contributed by atoms with Gasteiger partial charge in [0.25, 0.3) is 0 Å². The molecule has 1 aromatic heterocycles. The molecule has 90 valence electrons. The number of aromatic nitrogens is 2. The Morgan fingerprint density at radius 2 is 2.12 bits per heavy atom. The summed E-state index contributed by atoms with van der Waals surface area (Å²) in [7, 11) is 3.46. The maximum absolute atomic E-state index is 5.88. The predicted octanol–water partition coefficient (Wildman–Crippen LogP) is 2.75. The van der Waals surface area contributed by atoms with E-state index in [4.69, 9.17) is 10.5 Å². The molecule has 1 heterocycles. The van der Waals surface area contributed by atoms with Crippen LogP contribution in [-0.4, -0.2) is 16.9 Å².